The average Bonchev–Trinajstić information content (AvgIpc) is 2.46. The van der Waals surface area contributed by atoms with E-state index in [1.807, 2.05) is 0 Å². The molecule has 1 fully saturated rings. The van der Waals surface area contributed by atoms with Gasteiger partial charge in [0.05, 0.1) is 12.5 Å². The summed E-state index contributed by atoms with van der Waals surface area (Å²) in [6, 6.07) is 4.46. The lowest BCUT2D eigenvalue weighted by Gasteiger charge is -2.33. The van der Waals surface area contributed by atoms with Crippen LogP contribution in [0.2, 0.25) is 0 Å². The minimum atomic E-state index is -2.76. The van der Waals surface area contributed by atoms with Crippen LogP contribution < -0.4 is 5.32 Å². The Labute approximate surface area is 131 Å². The molecule has 2 amide bonds. The molecule has 0 aromatic heterocycles. The number of nitrogens with zero attached hydrogens (tertiary/aromatic N) is 1. The number of carboxylic acids is 1. The van der Waals surface area contributed by atoms with Gasteiger partial charge in [0.15, 0.2) is 0 Å². The molecule has 1 heterocycles. The van der Waals surface area contributed by atoms with Gasteiger partial charge in [0.1, 0.15) is 5.75 Å². The first-order valence-corrected chi connectivity index (χ1v) is 7.21. The smallest absolute Gasteiger partial charge is 0.317 e. The normalized spacial score (nSPS) is 18.3. The predicted molar refractivity (Wildman–Crippen MR) is 77.4 cm³/mol. The molecule has 2 rings (SSSR count). The molecule has 1 atom stereocenters. The van der Waals surface area contributed by atoms with Gasteiger partial charge in [-0.15, -0.1) is 0 Å². The molecule has 0 saturated carbocycles. The van der Waals surface area contributed by atoms with Crippen molar-refractivity contribution in [2.45, 2.75) is 31.2 Å². The number of halogens is 2. The van der Waals surface area contributed by atoms with Crippen LogP contribution >= 0.6 is 0 Å². The number of piperidine rings is 1. The summed E-state index contributed by atoms with van der Waals surface area (Å²) in [5, 5.41) is 21.0. The van der Waals surface area contributed by atoms with E-state index in [1.165, 1.54) is 23.1 Å². The van der Waals surface area contributed by atoms with Crippen LogP contribution in [0.1, 0.15) is 30.9 Å². The summed E-state index contributed by atoms with van der Waals surface area (Å²) in [4.78, 5) is 24.4. The van der Waals surface area contributed by atoms with Gasteiger partial charge < -0.3 is 20.4 Å². The Morgan fingerprint density at radius 2 is 1.96 bits per heavy atom. The minimum absolute atomic E-state index is 0.0512. The molecule has 3 N–H and O–H groups in total. The van der Waals surface area contributed by atoms with E-state index < -0.39 is 36.8 Å². The molecule has 6 nitrogen and oxygen atoms in total. The average molecular weight is 328 g/mol. The number of phenolic OH excluding ortho intramolecular Hbond substituents is 1. The highest BCUT2D eigenvalue weighted by Gasteiger charge is 2.36. The maximum atomic E-state index is 13.1. The van der Waals surface area contributed by atoms with Crippen LogP contribution in [0.5, 0.6) is 5.75 Å². The van der Waals surface area contributed by atoms with Crippen LogP contribution in [0.25, 0.3) is 0 Å². The van der Waals surface area contributed by atoms with Crippen LogP contribution in [0.15, 0.2) is 24.3 Å². The Morgan fingerprint density at radius 1 is 1.30 bits per heavy atom. The van der Waals surface area contributed by atoms with Crippen molar-refractivity contribution in [2.24, 2.45) is 0 Å². The van der Waals surface area contributed by atoms with E-state index in [4.69, 9.17) is 5.11 Å². The van der Waals surface area contributed by atoms with Crippen molar-refractivity contribution in [2.75, 3.05) is 13.1 Å². The zero-order valence-electron chi connectivity index (χ0n) is 12.3. The van der Waals surface area contributed by atoms with E-state index in [1.54, 1.807) is 6.07 Å². The molecule has 1 saturated heterocycles. The number of hydrogen-bond acceptors (Lipinski definition) is 3. The van der Waals surface area contributed by atoms with Crippen molar-refractivity contribution in [1.82, 2.24) is 10.2 Å². The molecule has 0 bridgehead atoms. The first-order valence-electron chi connectivity index (χ1n) is 7.21. The van der Waals surface area contributed by atoms with Crippen LogP contribution in [0.3, 0.4) is 0 Å². The van der Waals surface area contributed by atoms with Gasteiger partial charge in [-0.25, -0.2) is 13.6 Å². The summed E-state index contributed by atoms with van der Waals surface area (Å²) < 4.78 is 26.2. The van der Waals surface area contributed by atoms with Gasteiger partial charge >= 0.3 is 12.0 Å². The fraction of sp³-hybridized carbons (Fsp3) is 0.467. The maximum Gasteiger partial charge on any atom is 0.317 e. The van der Waals surface area contributed by atoms with E-state index in [2.05, 4.69) is 5.32 Å². The molecule has 0 aliphatic carbocycles. The highest BCUT2D eigenvalue weighted by Crippen LogP contribution is 2.28. The molecular weight excluding hydrogens is 310 g/mol. The standard InChI is InChI=1S/C15H18F2N2O4/c16-15(17)4-6-19(7-5-15)14(23)18-12(9-13(21)22)10-2-1-3-11(20)8-10/h1-3,8,12,20H,4-7,9H2,(H,18,23)(H,21,22). The fourth-order valence-electron chi connectivity index (χ4n) is 2.45. The van der Waals surface area contributed by atoms with Gasteiger partial charge in [0, 0.05) is 25.9 Å². The maximum absolute atomic E-state index is 13.1. The van der Waals surface area contributed by atoms with Gasteiger partial charge in [0.25, 0.3) is 5.92 Å². The SMILES string of the molecule is O=C(O)CC(NC(=O)N1CCC(F)(F)CC1)c1cccc(O)c1. The summed E-state index contributed by atoms with van der Waals surface area (Å²) in [7, 11) is 0. The number of benzene rings is 1. The zero-order valence-corrected chi connectivity index (χ0v) is 12.3. The van der Waals surface area contributed by atoms with Gasteiger partial charge in [-0.05, 0) is 17.7 Å². The number of nitrogens with one attached hydrogen (secondary N) is 1. The Hall–Kier alpha value is -2.38. The van der Waals surface area contributed by atoms with Crippen LogP contribution in [0, 0.1) is 0 Å². The molecule has 1 aromatic carbocycles. The fourth-order valence-corrected chi connectivity index (χ4v) is 2.45. The van der Waals surface area contributed by atoms with Crippen LogP contribution in [-0.2, 0) is 4.79 Å². The highest BCUT2D eigenvalue weighted by molar-refractivity contribution is 5.76. The van der Waals surface area contributed by atoms with Gasteiger partial charge in [0.2, 0.25) is 0 Å². The number of hydrogen-bond donors (Lipinski definition) is 3. The number of carbonyl (C=O) groups excluding carboxylic acids is 1. The molecule has 0 radical (unpaired) electrons. The van der Waals surface area contributed by atoms with Crippen molar-refractivity contribution in [3.8, 4) is 5.75 Å². The number of rotatable bonds is 4. The number of aliphatic carboxylic acids is 1. The van der Waals surface area contributed by atoms with E-state index in [0.29, 0.717) is 5.56 Å². The summed E-state index contributed by atoms with van der Waals surface area (Å²) in [6.45, 7) is -0.169. The summed E-state index contributed by atoms with van der Waals surface area (Å²) in [5.41, 5.74) is 0.433. The number of alkyl halides is 2. The Morgan fingerprint density at radius 3 is 2.52 bits per heavy atom. The Kier molecular flexibility index (Phi) is 5.02. The zero-order chi connectivity index (χ0) is 17.0. The van der Waals surface area contributed by atoms with E-state index in [0.717, 1.165) is 0 Å². The molecular formula is C15H18F2N2O4. The van der Waals surface area contributed by atoms with Crippen LogP contribution in [0.4, 0.5) is 13.6 Å². The molecule has 126 valence electrons. The third-order valence-electron chi connectivity index (χ3n) is 3.73. The van der Waals surface area contributed by atoms with E-state index >= 15 is 0 Å². The van der Waals surface area contributed by atoms with E-state index in [-0.39, 0.29) is 25.3 Å². The van der Waals surface area contributed by atoms with Crippen molar-refractivity contribution >= 4 is 12.0 Å². The number of aromatic hydroxyl groups is 1. The van der Waals surface area contributed by atoms with Crippen molar-refractivity contribution in [3.05, 3.63) is 29.8 Å². The lowest BCUT2D eigenvalue weighted by atomic mass is 10.0. The quantitative estimate of drug-likeness (QED) is 0.791. The first kappa shape index (κ1) is 17.0. The molecule has 1 aromatic rings. The Bertz CT molecular complexity index is 585. The van der Waals surface area contributed by atoms with Crippen molar-refractivity contribution < 1.29 is 28.6 Å². The number of carboxylic acid groups (broad SMARTS) is 1. The molecule has 8 heteroatoms. The number of carbonyl (C=O) groups is 2. The molecule has 1 aliphatic heterocycles. The second-order valence-electron chi connectivity index (χ2n) is 5.54. The summed E-state index contributed by atoms with van der Waals surface area (Å²) >= 11 is 0. The monoisotopic (exact) mass is 328 g/mol. The minimum Gasteiger partial charge on any atom is -0.508 e. The highest BCUT2D eigenvalue weighted by atomic mass is 19.3. The number of phenols is 1. The second-order valence-corrected chi connectivity index (χ2v) is 5.54. The lowest BCUT2D eigenvalue weighted by Crippen LogP contribution is -2.48. The first-order chi connectivity index (χ1) is 10.8. The van der Waals surface area contributed by atoms with E-state index in [9.17, 15) is 23.5 Å². The van der Waals surface area contributed by atoms with Gasteiger partial charge in [-0.1, -0.05) is 12.1 Å². The molecule has 1 unspecified atom stereocenters. The molecule has 0 spiro atoms. The van der Waals surface area contributed by atoms with Crippen LogP contribution in [-0.4, -0.2) is 46.1 Å². The number of likely N-dealkylation sites (tertiary alicyclic amines) is 1. The predicted octanol–water partition coefficient (Wildman–Crippen LogP) is 2.35. The summed E-state index contributed by atoms with van der Waals surface area (Å²) in [5.74, 6) is -3.93. The second kappa shape index (κ2) is 6.80. The van der Waals surface area contributed by atoms with Gasteiger partial charge in [-0.3, -0.25) is 4.79 Å². The van der Waals surface area contributed by atoms with Crippen molar-refractivity contribution in [3.63, 3.8) is 0 Å². The molecule has 23 heavy (non-hydrogen) atoms. The third kappa shape index (κ3) is 4.80. The topological polar surface area (TPSA) is 89.9 Å². The Balaban J connectivity index is 2.06. The molecule has 1 aliphatic rings. The largest absolute Gasteiger partial charge is 0.508 e. The third-order valence-corrected chi connectivity index (χ3v) is 3.73. The van der Waals surface area contributed by atoms with Crippen molar-refractivity contribution in [1.29, 1.82) is 0 Å². The summed E-state index contributed by atoms with van der Waals surface area (Å²) in [6.07, 6.45) is -1.19. The number of amides is 2. The van der Waals surface area contributed by atoms with Gasteiger partial charge in [-0.2, -0.15) is 0 Å². The lowest BCUT2D eigenvalue weighted by molar-refractivity contribution is -0.137. The number of urea groups is 1.